The van der Waals surface area contributed by atoms with Gasteiger partial charge in [0.1, 0.15) is 6.54 Å². The van der Waals surface area contributed by atoms with Gasteiger partial charge in [-0.25, -0.2) is 4.99 Å². The number of guanidine groups is 1. The zero-order valence-corrected chi connectivity index (χ0v) is 18.0. The Morgan fingerprint density at radius 1 is 1.33 bits per heavy atom. The highest BCUT2D eigenvalue weighted by molar-refractivity contribution is 14.0. The lowest BCUT2D eigenvalue weighted by molar-refractivity contribution is -0.0453. The fourth-order valence-electron chi connectivity index (χ4n) is 3.71. The summed E-state index contributed by atoms with van der Waals surface area (Å²) < 4.78 is 7.98. The Morgan fingerprint density at radius 3 is 3.15 bits per heavy atom. The van der Waals surface area contributed by atoms with Gasteiger partial charge < -0.3 is 15.4 Å². The number of pyridine rings is 1. The molecule has 4 heterocycles. The normalized spacial score (nSPS) is 23.1. The van der Waals surface area contributed by atoms with Crippen LogP contribution < -0.4 is 10.6 Å². The minimum atomic E-state index is 0. The van der Waals surface area contributed by atoms with Crippen molar-refractivity contribution in [3.05, 3.63) is 30.2 Å². The Hall–Kier alpha value is -1.46. The first kappa shape index (κ1) is 20.3. The van der Waals surface area contributed by atoms with Gasteiger partial charge in [-0.15, -0.1) is 34.2 Å². The molecule has 2 aliphatic rings. The van der Waals surface area contributed by atoms with Crippen LogP contribution in [0.2, 0.25) is 0 Å². The average Bonchev–Trinajstić information content (AvgIpc) is 3.30. The van der Waals surface area contributed by atoms with Gasteiger partial charge in [-0.05, 0) is 38.4 Å². The van der Waals surface area contributed by atoms with Crippen molar-refractivity contribution in [3.63, 3.8) is 0 Å². The lowest BCUT2D eigenvalue weighted by atomic mass is 10.2. The molecule has 27 heavy (non-hydrogen) atoms. The molecule has 2 aromatic heterocycles. The molecule has 2 saturated heterocycles. The maximum absolute atomic E-state index is 6.02. The molecule has 2 atom stereocenters. The van der Waals surface area contributed by atoms with E-state index >= 15 is 0 Å². The van der Waals surface area contributed by atoms with Gasteiger partial charge in [-0.2, -0.15) is 0 Å². The van der Waals surface area contributed by atoms with Crippen molar-refractivity contribution in [2.75, 3.05) is 32.8 Å². The van der Waals surface area contributed by atoms with Crippen LogP contribution in [0.4, 0.5) is 0 Å². The Morgan fingerprint density at radius 2 is 2.26 bits per heavy atom. The summed E-state index contributed by atoms with van der Waals surface area (Å²) in [5.74, 6) is 1.61. The van der Waals surface area contributed by atoms with Gasteiger partial charge in [-0.3, -0.25) is 9.30 Å². The van der Waals surface area contributed by atoms with Gasteiger partial charge in [-0.1, -0.05) is 6.07 Å². The minimum absolute atomic E-state index is 0. The topological polar surface area (TPSA) is 79.1 Å². The number of nitrogens with zero attached hydrogens (tertiary/aromatic N) is 5. The summed E-state index contributed by atoms with van der Waals surface area (Å²) in [6.45, 7) is 7.17. The van der Waals surface area contributed by atoms with Gasteiger partial charge in [0.15, 0.2) is 17.4 Å². The molecule has 0 amide bonds. The molecule has 2 fully saturated rings. The second kappa shape index (κ2) is 9.65. The lowest BCUT2D eigenvalue weighted by Gasteiger charge is -2.35. The molecular formula is C18H28IN7O. The van der Waals surface area contributed by atoms with Crippen molar-refractivity contribution in [1.29, 1.82) is 0 Å². The van der Waals surface area contributed by atoms with Crippen LogP contribution in [0.5, 0.6) is 0 Å². The number of nitrogens with one attached hydrogen (secondary N) is 2. The van der Waals surface area contributed by atoms with Gasteiger partial charge in [0, 0.05) is 31.9 Å². The minimum Gasteiger partial charge on any atom is -0.373 e. The Balaban J connectivity index is 0.00000210. The second-order valence-corrected chi connectivity index (χ2v) is 6.87. The molecule has 0 aliphatic carbocycles. The summed E-state index contributed by atoms with van der Waals surface area (Å²) >= 11 is 0. The molecule has 0 spiro atoms. The smallest absolute Gasteiger partial charge is 0.191 e. The first-order valence-corrected chi connectivity index (χ1v) is 9.50. The summed E-state index contributed by atoms with van der Waals surface area (Å²) in [6, 6.07) is 6.50. The van der Waals surface area contributed by atoms with Crippen LogP contribution in [0.1, 0.15) is 25.6 Å². The zero-order valence-electron chi connectivity index (χ0n) is 15.7. The second-order valence-electron chi connectivity index (χ2n) is 6.87. The van der Waals surface area contributed by atoms with Crippen molar-refractivity contribution in [2.45, 2.75) is 38.5 Å². The Kier molecular flexibility index (Phi) is 7.25. The first-order valence-electron chi connectivity index (χ1n) is 9.50. The molecule has 0 bridgehead atoms. The first-order chi connectivity index (χ1) is 12.8. The molecule has 0 aromatic carbocycles. The van der Waals surface area contributed by atoms with E-state index in [1.54, 1.807) is 0 Å². The molecule has 2 aromatic rings. The third kappa shape index (κ3) is 4.88. The van der Waals surface area contributed by atoms with E-state index in [2.05, 4.69) is 37.6 Å². The van der Waals surface area contributed by atoms with E-state index in [4.69, 9.17) is 4.74 Å². The van der Waals surface area contributed by atoms with E-state index in [0.29, 0.717) is 12.6 Å². The molecule has 2 unspecified atom stereocenters. The molecule has 0 saturated carbocycles. The molecule has 2 aliphatic heterocycles. The Bertz CT molecular complexity index is 765. The predicted octanol–water partition coefficient (Wildman–Crippen LogP) is 1.27. The summed E-state index contributed by atoms with van der Waals surface area (Å²) in [5, 5.41) is 15.1. The van der Waals surface area contributed by atoms with Crippen molar-refractivity contribution in [2.24, 2.45) is 4.99 Å². The number of halogens is 1. The fraction of sp³-hybridized carbons (Fsp3) is 0.611. The van der Waals surface area contributed by atoms with E-state index in [0.717, 1.165) is 43.7 Å². The lowest BCUT2D eigenvalue weighted by Crippen LogP contribution is -2.51. The summed E-state index contributed by atoms with van der Waals surface area (Å²) in [4.78, 5) is 7.22. The average molecular weight is 485 g/mol. The monoisotopic (exact) mass is 485 g/mol. The third-order valence-electron chi connectivity index (χ3n) is 5.07. The number of fused-ring (bicyclic) bond motifs is 2. The van der Waals surface area contributed by atoms with Crippen LogP contribution in [-0.4, -0.2) is 70.4 Å². The van der Waals surface area contributed by atoms with Crippen LogP contribution in [0, 0.1) is 0 Å². The molecule has 0 radical (unpaired) electrons. The van der Waals surface area contributed by atoms with Crippen LogP contribution in [0.3, 0.4) is 0 Å². The van der Waals surface area contributed by atoms with Crippen LogP contribution in [-0.2, 0) is 11.3 Å². The number of aliphatic imine (C=N–C) groups is 1. The fourth-order valence-corrected chi connectivity index (χ4v) is 3.71. The van der Waals surface area contributed by atoms with E-state index in [1.165, 1.54) is 19.4 Å². The Labute approximate surface area is 176 Å². The quantitative estimate of drug-likeness (QED) is 0.378. The molecule has 9 heteroatoms. The molecule has 8 nitrogen and oxygen atoms in total. The van der Waals surface area contributed by atoms with Crippen molar-refractivity contribution >= 4 is 35.6 Å². The third-order valence-corrected chi connectivity index (χ3v) is 5.07. The number of aromatic nitrogens is 3. The van der Waals surface area contributed by atoms with E-state index in [1.807, 2.05) is 28.8 Å². The van der Waals surface area contributed by atoms with Gasteiger partial charge in [0.05, 0.1) is 12.7 Å². The molecule has 2 N–H and O–H groups in total. The van der Waals surface area contributed by atoms with Gasteiger partial charge in [0.2, 0.25) is 0 Å². The molecular weight excluding hydrogens is 457 g/mol. The number of ether oxygens (including phenoxy) is 1. The molecule has 4 rings (SSSR count). The van der Waals surface area contributed by atoms with Crippen molar-refractivity contribution in [1.82, 2.24) is 30.1 Å². The largest absolute Gasteiger partial charge is 0.373 e. The number of hydrogen-bond acceptors (Lipinski definition) is 5. The number of hydrogen-bond donors (Lipinski definition) is 2. The highest BCUT2D eigenvalue weighted by Crippen LogP contribution is 2.22. The SMILES string of the molecule is CCNC(=NCc1nnc2ccccn12)NCC1CN2CCCC2CO1.I. The van der Waals surface area contributed by atoms with Crippen LogP contribution in [0.25, 0.3) is 5.65 Å². The molecule has 148 valence electrons. The number of morpholine rings is 1. The van der Waals surface area contributed by atoms with Gasteiger partial charge in [0.25, 0.3) is 0 Å². The van der Waals surface area contributed by atoms with E-state index < -0.39 is 0 Å². The van der Waals surface area contributed by atoms with E-state index in [9.17, 15) is 0 Å². The predicted molar refractivity (Wildman–Crippen MR) is 116 cm³/mol. The van der Waals surface area contributed by atoms with E-state index in [-0.39, 0.29) is 30.1 Å². The van der Waals surface area contributed by atoms with Gasteiger partial charge >= 0.3 is 0 Å². The maximum Gasteiger partial charge on any atom is 0.191 e. The van der Waals surface area contributed by atoms with Crippen LogP contribution >= 0.6 is 24.0 Å². The standard InChI is InChI=1S/C18H27N7O.HI/c1-2-19-18(20-10-15-12-24-8-5-6-14(24)13-26-15)21-11-17-23-22-16-7-3-4-9-25(16)17;/h3-4,7,9,14-15H,2,5-6,8,10-13H2,1H3,(H2,19,20,21);1H. The van der Waals surface area contributed by atoms with Crippen molar-refractivity contribution < 1.29 is 4.74 Å². The maximum atomic E-state index is 6.02. The summed E-state index contributed by atoms with van der Waals surface area (Å²) in [5.41, 5.74) is 0.839. The highest BCUT2D eigenvalue weighted by Gasteiger charge is 2.32. The summed E-state index contributed by atoms with van der Waals surface area (Å²) in [7, 11) is 0. The van der Waals surface area contributed by atoms with Crippen LogP contribution in [0.15, 0.2) is 29.4 Å². The summed E-state index contributed by atoms with van der Waals surface area (Å²) in [6.07, 6.45) is 4.74. The number of rotatable bonds is 5. The zero-order chi connectivity index (χ0) is 17.8. The van der Waals surface area contributed by atoms with Crippen molar-refractivity contribution in [3.8, 4) is 0 Å². The highest BCUT2D eigenvalue weighted by atomic mass is 127.